The van der Waals surface area contributed by atoms with Gasteiger partial charge in [-0.05, 0) is 35.7 Å². The summed E-state index contributed by atoms with van der Waals surface area (Å²) in [5.41, 5.74) is -0.319. The zero-order chi connectivity index (χ0) is 19.9. The van der Waals surface area contributed by atoms with Crippen molar-refractivity contribution in [3.05, 3.63) is 22.1 Å². The van der Waals surface area contributed by atoms with E-state index in [-0.39, 0.29) is 28.3 Å². The van der Waals surface area contributed by atoms with Crippen LogP contribution in [0.1, 0.15) is 33.1 Å². The Balaban J connectivity index is 2.45. The van der Waals surface area contributed by atoms with E-state index in [4.69, 9.17) is 18.9 Å². The highest BCUT2D eigenvalue weighted by Gasteiger charge is 2.45. The predicted molar refractivity (Wildman–Crippen MR) is 103 cm³/mol. The first-order chi connectivity index (χ1) is 13.0. The van der Waals surface area contributed by atoms with Gasteiger partial charge in [0, 0.05) is 20.3 Å². The van der Waals surface area contributed by atoms with E-state index in [9.17, 15) is 9.59 Å². The molecule has 0 bridgehead atoms. The van der Waals surface area contributed by atoms with E-state index < -0.39 is 11.3 Å². The molecule has 1 atom stereocenters. The molecule has 2 aliphatic heterocycles. The van der Waals surface area contributed by atoms with E-state index in [0.717, 1.165) is 12.8 Å². The molecule has 0 aliphatic carbocycles. The van der Waals surface area contributed by atoms with Crippen molar-refractivity contribution in [2.24, 2.45) is 0 Å². The van der Waals surface area contributed by atoms with Crippen molar-refractivity contribution >= 4 is 27.6 Å². The zero-order valence-corrected chi connectivity index (χ0v) is 17.8. The lowest BCUT2D eigenvalue weighted by molar-refractivity contribution is -0.137. The maximum absolute atomic E-state index is 13.4. The lowest BCUT2D eigenvalue weighted by atomic mass is 9.95. The van der Waals surface area contributed by atoms with Crippen molar-refractivity contribution in [1.82, 2.24) is 4.90 Å². The Labute approximate surface area is 168 Å². The van der Waals surface area contributed by atoms with E-state index in [1.807, 2.05) is 6.92 Å². The lowest BCUT2D eigenvalue weighted by Crippen LogP contribution is -2.57. The highest BCUT2D eigenvalue weighted by Crippen LogP contribution is 2.31. The van der Waals surface area contributed by atoms with Crippen molar-refractivity contribution in [1.29, 1.82) is 0 Å². The van der Waals surface area contributed by atoms with Gasteiger partial charge in [-0.15, -0.1) is 0 Å². The Hall–Kier alpha value is -1.38. The molecule has 27 heavy (non-hydrogen) atoms. The highest BCUT2D eigenvalue weighted by molar-refractivity contribution is 9.12. The minimum absolute atomic E-state index is 0.0542. The Morgan fingerprint density at radius 2 is 2.07 bits per heavy atom. The number of hydrogen-bond donors (Lipinski definition) is 0. The van der Waals surface area contributed by atoms with Gasteiger partial charge in [0.1, 0.15) is 22.9 Å². The highest BCUT2D eigenvalue weighted by atomic mass is 79.9. The van der Waals surface area contributed by atoms with Crippen molar-refractivity contribution in [3.8, 4) is 0 Å². The van der Waals surface area contributed by atoms with E-state index in [2.05, 4.69) is 15.9 Å². The topological polar surface area (TPSA) is 74.3 Å². The number of amides is 1. The summed E-state index contributed by atoms with van der Waals surface area (Å²) in [6.45, 7) is 5.95. The van der Waals surface area contributed by atoms with Crippen LogP contribution in [0.3, 0.4) is 0 Å². The summed E-state index contributed by atoms with van der Waals surface area (Å²) in [4.78, 5) is 27.8. The third kappa shape index (κ3) is 5.12. The standard InChI is InChI=1S/C19H28BrNO6/c1-4-5-8-27-17-14(2)18(23)21(7-10-24-3)19(6-9-25-12-19)13-26-11-15(20)16(17)22/h11H,4-10,12-13H2,1-3H3/b15-11+,17-14-. The minimum Gasteiger partial charge on any atom is -0.497 e. The van der Waals surface area contributed by atoms with Crippen LogP contribution < -0.4 is 0 Å². The van der Waals surface area contributed by atoms with Crippen molar-refractivity contribution in [2.45, 2.75) is 38.6 Å². The van der Waals surface area contributed by atoms with Gasteiger partial charge in [-0.1, -0.05) is 13.3 Å². The van der Waals surface area contributed by atoms with Crippen LogP contribution >= 0.6 is 15.9 Å². The summed E-state index contributed by atoms with van der Waals surface area (Å²) in [5.74, 6) is -0.607. The quantitative estimate of drug-likeness (QED) is 0.560. The molecule has 1 unspecified atom stereocenters. The van der Waals surface area contributed by atoms with E-state index >= 15 is 0 Å². The third-order valence-corrected chi connectivity index (χ3v) is 5.33. The van der Waals surface area contributed by atoms with Crippen LogP contribution in [0.2, 0.25) is 0 Å². The van der Waals surface area contributed by atoms with Crippen LogP contribution in [0, 0.1) is 0 Å². The summed E-state index contributed by atoms with van der Waals surface area (Å²) in [6, 6.07) is 0. The molecular weight excluding hydrogens is 418 g/mol. The van der Waals surface area contributed by atoms with Gasteiger partial charge >= 0.3 is 0 Å². The number of rotatable bonds is 7. The summed E-state index contributed by atoms with van der Waals surface area (Å²) in [6.07, 6.45) is 3.75. The SMILES string of the molecule is CCCCO/C1=C(/C)C(=O)N(CCOC)C2(CCOC2)CO/C=C(/Br)C1=O. The van der Waals surface area contributed by atoms with Crippen LogP contribution in [-0.4, -0.2) is 68.8 Å². The number of ketones is 1. The molecule has 7 nitrogen and oxygen atoms in total. The molecule has 8 heteroatoms. The van der Waals surface area contributed by atoms with Gasteiger partial charge in [0.05, 0.1) is 25.4 Å². The van der Waals surface area contributed by atoms with Gasteiger partial charge in [-0.2, -0.15) is 0 Å². The molecule has 0 aromatic carbocycles. The summed E-state index contributed by atoms with van der Waals surface area (Å²) < 4.78 is 22.4. The van der Waals surface area contributed by atoms with Crippen LogP contribution in [0.4, 0.5) is 0 Å². The largest absolute Gasteiger partial charge is 0.497 e. The molecule has 2 aliphatic rings. The lowest BCUT2D eigenvalue weighted by Gasteiger charge is -2.40. The normalized spacial score (nSPS) is 28.9. The average molecular weight is 446 g/mol. The molecule has 0 saturated carbocycles. The number of Topliss-reactive ketones (excluding diaryl/α,β-unsaturated/α-hetero) is 1. The maximum Gasteiger partial charge on any atom is 0.254 e. The summed E-state index contributed by atoms with van der Waals surface area (Å²) in [7, 11) is 1.59. The van der Waals surface area contributed by atoms with E-state index in [1.165, 1.54) is 6.26 Å². The fourth-order valence-electron chi connectivity index (χ4n) is 3.13. The number of halogens is 1. The Kier molecular flexibility index (Phi) is 8.31. The zero-order valence-electron chi connectivity index (χ0n) is 16.2. The minimum atomic E-state index is -0.602. The van der Waals surface area contributed by atoms with Crippen LogP contribution in [-0.2, 0) is 28.5 Å². The Morgan fingerprint density at radius 3 is 2.70 bits per heavy atom. The first kappa shape index (κ1) is 21.9. The summed E-state index contributed by atoms with van der Waals surface area (Å²) >= 11 is 3.25. The number of hydrogen-bond acceptors (Lipinski definition) is 6. The Bertz CT molecular complexity index is 609. The molecule has 0 N–H and O–H groups in total. The molecule has 0 aromatic rings. The van der Waals surface area contributed by atoms with E-state index in [0.29, 0.717) is 39.4 Å². The van der Waals surface area contributed by atoms with E-state index in [1.54, 1.807) is 18.9 Å². The molecular formula is C19H28BrNO6. The first-order valence-electron chi connectivity index (χ1n) is 9.21. The monoisotopic (exact) mass is 445 g/mol. The van der Waals surface area contributed by atoms with Crippen molar-refractivity contribution in [2.75, 3.05) is 46.7 Å². The van der Waals surface area contributed by atoms with Gasteiger partial charge < -0.3 is 23.8 Å². The molecule has 2 rings (SSSR count). The second kappa shape index (κ2) is 10.2. The number of allylic oxidation sites excluding steroid dienone is 1. The molecule has 0 aromatic heterocycles. The number of carbonyl (C=O) groups excluding carboxylic acids is 2. The second-order valence-electron chi connectivity index (χ2n) is 6.74. The van der Waals surface area contributed by atoms with Crippen molar-refractivity contribution in [3.63, 3.8) is 0 Å². The van der Waals surface area contributed by atoms with Crippen LogP contribution in [0.15, 0.2) is 22.1 Å². The molecule has 0 radical (unpaired) electrons. The van der Waals surface area contributed by atoms with Gasteiger partial charge in [-0.25, -0.2) is 0 Å². The van der Waals surface area contributed by atoms with Crippen molar-refractivity contribution < 1.29 is 28.5 Å². The van der Waals surface area contributed by atoms with Crippen LogP contribution in [0.5, 0.6) is 0 Å². The average Bonchev–Trinajstić information content (AvgIpc) is 3.13. The smallest absolute Gasteiger partial charge is 0.254 e. The van der Waals surface area contributed by atoms with Gasteiger partial charge in [0.15, 0.2) is 5.76 Å². The number of methoxy groups -OCH3 is 1. The molecule has 1 spiro atoms. The number of ether oxygens (including phenoxy) is 4. The fourth-order valence-corrected chi connectivity index (χ4v) is 3.44. The maximum atomic E-state index is 13.4. The molecule has 1 saturated heterocycles. The number of unbranched alkanes of at least 4 members (excludes halogenated alkanes) is 1. The molecule has 2 heterocycles. The summed E-state index contributed by atoms with van der Waals surface area (Å²) in [5, 5.41) is 0. The molecule has 1 fully saturated rings. The molecule has 1 amide bonds. The molecule has 152 valence electrons. The Morgan fingerprint density at radius 1 is 1.30 bits per heavy atom. The van der Waals surface area contributed by atoms with Gasteiger partial charge in [0.2, 0.25) is 5.78 Å². The second-order valence-corrected chi connectivity index (χ2v) is 7.59. The van der Waals surface area contributed by atoms with Gasteiger partial charge in [-0.3, -0.25) is 9.59 Å². The number of nitrogens with zero attached hydrogens (tertiary/aromatic N) is 1. The van der Waals surface area contributed by atoms with Crippen LogP contribution in [0.25, 0.3) is 0 Å². The first-order valence-corrected chi connectivity index (χ1v) is 10.0. The predicted octanol–water partition coefficient (Wildman–Crippen LogP) is 2.55. The third-order valence-electron chi connectivity index (χ3n) is 4.79. The number of carbonyl (C=O) groups is 2. The van der Waals surface area contributed by atoms with Gasteiger partial charge in [0.25, 0.3) is 5.91 Å². The fraction of sp³-hybridized carbons (Fsp3) is 0.684.